The number of nitrogens with zero attached hydrogens (tertiary/aromatic N) is 1. The lowest BCUT2D eigenvalue weighted by molar-refractivity contribution is 0.597. The molecule has 16 heavy (non-hydrogen) atoms. The summed E-state index contributed by atoms with van der Waals surface area (Å²) in [4.78, 5) is 4.18. The van der Waals surface area contributed by atoms with Gasteiger partial charge in [0.2, 0.25) is 10.0 Å². The second-order valence-corrected chi connectivity index (χ2v) is 5.88. The van der Waals surface area contributed by atoms with Crippen molar-refractivity contribution in [2.45, 2.75) is 5.75 Å². The summed E-state index contributed by atoms with van der Waals surface area (Å²) in [6.45, 7) is 0. The van der Waals surface area contributed by atoms with Gasteiger partial charge < -0.3 is 0 Å². The van der Waals surface area contributed by atoms with Crippen molar-refractivity contribution < 1.29 is 8.42 Å². The van der Waals surface area contributed by atoms with Gasteiger partial charge in [0, 0.05) is 16.1 Å². The van der Waals surface area contributed by atoms with E-state index in [4.69, 9.17) is 5.14 Å². The van der Waals surface area contributed by atoms with Crippen LogP contribution in [0.25, 0.3) is 10.9 Å². The van der Waals surface area contributed by atoms with E-state index in [1.807, 2.05) is 6.07 Å². The van der Waals surface area contributed by atoms with Gasteiger partial charge >= 0.3 is 0 Å². The van der Waals surface area contributed by atoms with Gasteiger partial charge in [-0.25, -0.2) is 13.6 Å². The minimum absolute atomic E-state index is 0.201. The number of benzene rings is 1. The van der Waals surface area contributed by atoms with Gasteiger partial charge in [-0.05, 0) is 17.7 Å². The molecule has 0 radical (unpaired) electrons. The maximum absolute atomic E-state index is 11.1. The molecule has 1 aromatic carbocycles. The van der Waals surface area contributed by atoms with Crippen LogP contribution in [-0.2, 0) is 15.8 Å². The zero-order chi connectivity index (χ0) is 11.8. The molecule has 0 saturated carbocycles. The van der Waals surface area contributed by atoms with Crippen molar-refractivity contribution in [2.24, 2.45) is 5.14 Å². The number of fused-ring (bicyclic) bond motifs is 1. The summed E-state index contributed by atoms with van der Waals surface area (Å²) >= 11 is 3.39. The molecule has 0 atom stereocenters. The maximum Gasteiger partial charge on any atom is 0.213 e. The SMILES string of the molecule is NS(=O)(=O)Cc1ccc(Br)c2cccnc12. The molecular formula is C10H9BrN2O2S. The maximum atomic E-state index is 11.1. The summed E-state index contributed by atoms with van der Waals surface area (Å²) in [7, 11) is -3.54. The first-order chi connectivity index (χ1) is 7.47. The molecule has 2 aromatic rings. The minimum atomic E-state index is -3.54. The Hall–Kier alpha value is -0.980. The minimum Gasteiger partial charge on any atom is -0.256 e. The molecule has 0 spiro atoms. The molecule has 84 valence electrons. The lowest BCUT2D eigenvalue weighted by Gasteiger charge is -2.05. The number of hydrogen-bond donors (Lipinski definition) is 1. The average molecular weight is 301 g/mol. The van der Waals surface area contributed by atoms with Crippen LogP contribution < -0.4 is 5.14 Å². The average Bonchev–Trinajstić information content (AvgIpc) is 2.21. The molecular weight excluding hydrogens is 292 g/mol. The van der Waals surface area contributed by atoms with Crippen molar-refractivity contribution in [3.63, 3.8) is 0 Å². The summed E-state index contributed by atoms with van der Waals surface area (Å²) in [5.41, 5.74) is 1.27. The monoisotopic (exact) mass is 300 g/mol. The van der Waals surface area contributed by atoms with E-state index < -0.39 is 10.0 Å². The molecule has 6 heteroatoms. The highest BCUT2D eigenvalue weighted by molar-refractivity contribution is 9.10. The Morgan fingerprint density at radius 2 is 2.06 bits per heavy atom. The quantitative estimate of drug-likeness (QED) is 0.919. The van der Waals surface area contributed by atoms with Crippen LogP contribution in [0.15, 0.2) is 34.9 Å². The lowest BCUT2D eigenvalue weighted by Crippen LogP contribution is -2.14. The summed E-state index contributed by atoms with van der Waals surface area (Å²) in [6, 6.07) is 7.18. The highest BCUT2D eigenvalue weighted by Gasteiger charge is 2.10. The summed E-state index contributed by atoms with van der Waals surface area (Å²) in [5.74, 6) is -0.201. The van der Waals surface area contributed by atoms with Crippen LogP contribution in [0.5, 0.6) is 0 Å². The van der Waals surface area contributed by atoms with Gasteiger partial charge in [-0.15, -0.1) is 0 Å². The molecule has 0 saturated heterocycles. The fraction of sp³-hybridized carbons (Fsp3) is 0.100. The summed E-state index contributed by atoms with van der Waals surface area (Å²) in [5, 5.41) is 5.91. The predicted octanol–water partition coefficient (Wildman–Crippen LogP) is 1.79. The number of rotatable bonds is 2. The number of primary sulfonamides is 1. The van der Waals surface area contributed by atoms with E-state index in [9.17, 15) is 8.42 Å². The van der Waals surface area contributed by atoms with Crippen LogP contribution in [0.1, 0.15) is 5.56 Å². The van der Waals surface area contributed by atoms with Crippen molar-refractivity contribution in [1.82, 2.24) is 4.98 Å². The van der Waals surface area contributed by atoms with Crippen molar-refractivity contribution in [1.29, 1.82) is 0 Å². The number of pyridine rings is 1. The van der Waals surface area contributed by atoms with Gasteiger partial charge in [-0.3, -0.25) is 4.98 Å². The smallest absolute Gasteiger partial charge is 0.213 e. The highest BCUT2D eigenvalue weighted by atomic mass is 79.9. The first-order valence-corrected chi connectivity index (χ1v) is 7.01. The van der Waals surface area contributed by atoms with Crippen molar-refractivity contribution in [3.05, 3.63) is 40.5 Å². The summed E-state index contributed by atoms with van der Waals surface area (Å²) < 4.78 is 23.0. The molecule has 1 heterocycles. The molecule has 0 fully saturated rings. The Bertz CT molecular complexity index is 640. The second kappa shape index (κ2) is 4.12. The molecule has 0 unspecified atom stereocenters. The zero-order valence-electron chi connectivity index (χ0n) is 8.22. The van der Waals surface area contributed by atoms with Crippen LogP contribution in [0.2, 0.25) is 0 Å². The van der Waals surface area contributed by atoms with E-state index in [0.717, 1.165) is 9.86 Å². The third kappa shape index (κ3) is 2.40. The Kier molecular flexibility index (Phi) is 2.96. The normalized spacial score (nSPS) is 11.9. The third-order valence-electron chi connectivity index (χ3n) is 2.16. The van der Waals surface area contributed by atoms with E-state index >= 15 is 0 Å². The third-order valence-corrected chi connectivity index (χ3v) is 3.56. The lowest BCUT2D eigenvalue weighted by atomic mass is 10.1. The van der Waals surface area contributed by atoms with Gasteiger partial charge in [0.25, 0.3) is 0 Å². The molecule has 0 bridgehead atoms. The molecule has 2 rings (SSSR count). The van der Waals surface area contributed by atoms with Crippen LogP contribution in [0, 0.1) is 0 Å². The molecule has 0 aliphatic heterocycles. The summed E-state index contributed by atoms with van der Waals surface area (Å²) in [6.07, 6.45) is 1.63. The Balaban J connectivity index is 2.68. The van der Waals surface area contributed by atoms with Gasteiger partial charge in [0.1, 0.15) is 0 Å². The van der Waals surface area contributed by atoms with Gasteiger partial charge in [-0.1, -0.05) is 28.1 Å². The van der Waals surface area contributed by atoms with E-state index in [1.165, 1.54) is 0 Å². The number of halogens is 1. The van der Waals surface area contributed by atoms with E-state index in [1.54, 1.807) is 24.4 Å². The first kappa shape index (κ1) is 11.5. The molecule has 0 amide bonds. The van der Waals surface area contributed by atoms with Crippen LogP contribution in [-0.4, -0.2) is 13.4 Å². The van der Waals surface area contributed by atoms with Crippen LogP contribution in [0.3, 0.4) is 0 Å². The topological polar surface area (TPSA) is 73.1 Å². The Morgan fingerprint density at radius 1 is 1.31 bits per heavy atom. The number of nitrogens with two attached hydrogens (primary N) is 1. The van der Waals surface area contributed by atoms with Crippen LogP contribution >= 0.6 is 15.9 Å². The molecule has 0 aliphatic carbocycles. The fourth-order valence-corrected chi connectivity index (χ4v) is 2.65. The van der Waals surface area contributed by atoms with E-state index in [0.29, 0.717) is 11.1 Å². The van der Waals surface area contributed by atoms with Crippen LogP contribution in [0.4, 0.5) is 0 Å². The highest BCUT2D eigenvalue weighted by Crippen LogP contribution is 2.25. The Morgan fingerprint density at radius 3 is 2.75 bits per heavy atom. The zero-order valence-corrected chi connectivity index (χ0v) is 10.6. The fourth-order valence-electron chi connectivity index (χ4n) is 1.53. The second-order valence-electron chi connectivity index (χ2n) is 3.41. The van der Waals surface area contributed by atoms with E-state index in [-0.39, 0.29) is 5.75 Å². The first-order valence-electron chi connectivity index (χ1n) is 4.50. The van der Waals surface area contributed by atoms with Gasteiger partial charge in [-0.2, -0.15) is 0 Å². The largest absolute Gasteiger partial charge is 0.256 e. The Labute approximate surface area is 102 Å². The molecule has 4 nitrogen and oxygen atoms in total. The van der Waals surface area contributed by atoms with Crippen molar-refractivity contribution in [3.8, 4) is 0 Å². The standard InChI is InChI=1S/C10H9BrN2O2S/c11-9-4-3-7(6-16(12,14)15)10-8(9)2-1-5-13-10/h1-5H,6H2,(H2,12,14,15). The van der Waals surface area contributed by atoms with Crippen molar-refractivity contribution >= 4 is 36.9 Å². The number of aromatic nitrogens is 1. The van der Waals surface area contributed by atoms with Gasteiger partial charge in [0.15, 0.2) is 0 Å². The molecule has 2 N–H and O–H groups in total. The molecule has 0 aliphatic rings. The van der Waals surface area contributed by atoms with Crippen molar-refractivity contribution in [2.75, 3.05) is 0 Å². The molecule has 1 aromatic heterocycles. The predicted molar refractivity (Wildman–Crippen MR) is 66.3 cm³/mol. The number of sulfonamides is 1. The number of hydrogen-bond acceptors (Lipinski definition) is 3. The van der Waals surface area contributed by atoms with Gasteiger partial charge in [0.05, 0.1) is 11.3 Å². The van der Waals surface area contributed by atoms with E-state index in [2.05, 4.69) is 20.9 Å².